The summed E-state index contributed by atoms with van der Waals surface area (Å²) in [5.74, 6) is -1.88. The number of ether oxygens (including phenoxy) is 1. The molecule has 0 aliphatic rings. The van der Waals surface area contributed by atoms with Crippen molar-refractivity contribution in [2.75, 3.05) is 7.11 Å². The fourth-order valence-corrected chi connectivity index (χ4v) is 1.93. The molecule has 0 aliphatic carbocycles. The first-order chi connectivity index (χ1) is 9.35. The van der Waals surface area contributed by atoms with Crippen molar-refractivity contribution in [3.05, 3.63) is 33.8 Å². The molecule has 0 fully saturated rings. The lowest BCUT2D eigenvalue weighted by Crippen LogP contribution is -2.42. The van der Waals surface area contributed by atoms with Crippen molar-refractivity contribution in [2.45, 2.75) is 12.5 Å². The number of halogens is 2. The minimum atomic E-state index is -1.40. The summed E-state index contributed by atoms with van der Waals surface area (Å²) in [5, 5.41) is 11.5. The smallest absolute Gasteiger partial charge is 0.407 e. The van der Waals surface area contributed by atoms with Gasteiger partial charge in [0.15, 0.2) is 5.78 Å². The SMILES string of the molecule is COC(=O)NC(CC(=O)c1ccc(Cl)cc1Cl)C(=O)O. The molecule has 2 N–H and O–H groups in total. The van der Waals surface area contributed by atoms with Crippen molar-refractivity contribution in [3.63, 3.8) is 0 Å². The van der Waals surface area contributed by atoms with Crippen LogP contribution in [0, 0.1) is 0 Å². The summed E-state index contributed by atoms with van der Waals surface area (Å²) in [7, 11) is 1.09. The van der Waals surface area contributed by atoms with E-state index in [1.807, 2.05) is 5.32 Å². The lowest BCUT2D eigenvalue weighted by molar-refractivity contribution is -0.139. The van der Waals surface area contributed by atoms with Crippen molar-refractivity contribution in [1.82, 2.24) is 5.32 Å². The van der Waals surface area contributed by atoms with E-state index in [-0.39, 0.29) is 10.6 Å². The van der Waals surface area contributed by atoms with Gasteiger partial charge in [-0.1, -0.05) is 23.2 Å². The van der Waals surface area contributed by atoms with Crippen LogP contribution in [0.3, 0.4) is 0 Å². The second-order valence-corrected chi connectivity index (χ2v) is 4.62. The Kier molecular flexibility index (Phi) is 5.79. The monoisotopic (exact) mass is 319 g/mol. The number of alkyl carbamates (subject to hydrolysis) is 1. The van der Waals surface area contributed by atoms with Crippen LogP contribution in [-0.4, -0.2) is 36.1 Å². The van der Waals surface area contributed by atoms with E-state index >= 15 is 0 Å². The Morgan fingerprint density at radius 3 is 2.50 bits per heavy atom. The molecular weight excluding hydrogens is 309 g/mol. The third-order valence-electron chi connectivity index (χ3n) is 2.40. The average Bonchev–Trinajstić information content (AvgIpc) is 2.37. The first-order valence-corrected chi connectivity index (χ1v) is 6.16. The Hall–Kier alpha value is -1.79. The number of methoxy groups -OCH3 is 1. The fraction of sp³-hybridized carbons (Fsp3) is 0.250. The number of carboxylic acids is 1. The van der Waals surface area contributed by atoms with Crippen LogP contribution in [0.5, 0.6) is 0 Å². The molecule has 0 radical (unpaired) electrons. The van der Waals surface area contributed by atoms with E-state index in [1.54, 1.807) is 0 Å². The van der Waals surface area contributed by atoms with E-state index < -0.39 is 30.3 Å². The van der Waals surface area contributed by atoms with Crippen LogP contribution in [0.4, 0.5) is 4.79 Å². The lowest BCUT2D eigenvalue weighted by atomic mass is 10.0. The molecule has 0 heterocycles. The molecule has 0 saturated carbocycles. The Balaban J connectivity index is 2.85. The molecule has 0 saturated heterocycles. The number of nitrogens with one attached hydrogen (secondary N) is 1. The first kappa shape index (κ1) is 16.3. The number of hydrogen-bond acceptors (Lipinski definition) is 4. The molecule has 1 aromatic rings. The third-order valence-corrected chi connectivity index (χ3v) is 2.94. The Bertz CT molecular complexity index is 547. The van der Waals surface area contributed by atoms with Crippen LogP contribution in [0.15, 0.2) is 18.2 Å². The van der Waals surface area contributed by atoms with Gasteiger partial charge in [-0.3, -0.25) is 4.79 Å². The molecule has 0 aromatic heterocycles. The maximum atomic E-state index is 12.0. The number of aliphatic carboxylic acids is 1. The molecule has 108 valence electrons. The van der Waals surface area contributed by atoms with E-state index in [4.69, 9.17) is 28.3 Å². The molecule has 20 heavy (non-hydrogen) atoms. The van der Waals surface area contributed by atoms with Gasteiger partial charge in [-0.05, 0) is 18.2 Å². The maximum absolute atomic E-state index is 12.0. The van der Waals surface area contributed by atoms with Gasteiger partial charge < -0.3 is 15.2 Å². The highest BCUT2D eigenvalue weighted by Gasteiger charge is 2.25. The zero-order chi connectivity index (χ0) is 15.3. The standard InChI is InChI=1S/C12H11Cl2NO5/c1-20-12(19)15-9(11(17)18)5-10(16)7-3-2-6(13)4-8(7)14/h2-4,9H,5H2,1H3,(H,15,19)(H,17,18). The number of rotatable bonds is 5. The predicted molar refractivity (Wildman–Crippen MR) is 72.4 cm³/mol. The minimum absolute atomic E-state index is 0.115. The molecule has 1 aromatic carbocycles. The lowest BCUT2D eigenvalue weighted by Gasteiger charge is -2.13. The highest BCUT2D eigenvalue weighted by molar-refractivity contribution is 6.36. The van der Waals surface area contributed by atoms with Gasteiger partial charge in [0.1, 0.15) is 6.04 Å². The number of benzene rings is 1. The zero-order valence-electron chi connectivity index (χ0n) is 10.4. The normalized spacial score (nSPS) is 11.6. The van der Waals surface area contributed by atoms with Crippen LogP contribution in [0.25, 0.3) is 0 Å². The van der Waals surface area contributed by atoms with Crippen molar-refractivity contribution in [3.8, 4) is 0 Å². The van der Waals surface area contributed by atoms with E-state index in [9.17, 15) is 14.4 Å². The number of amides is 1. The Morgan fingerprint density at radius 1 is 1.35 bits per heavy atom. The second kappa shape index (κ2) is 7.12. The van der Waals surface area contributed by atoms with Crippen molar-refractivity contribution >= 4 is 41.0 Å². The number of carbonyl (C=O) groups excluding carboxylic acids is 2. The Labute approximate surface area is 124 Å². The van der Waals surface area contributed by atoms with Gasteiger partial charge in [-0.25, -0.2) is 9.59 Å². The van der Waals surface area contributed by atoms with Gasteiger partial charge in [-0.15, -0.1) is 0 Å². The molecule has 6 nitrogen and oxygen atoms in total. The zero-order valence-corrected chi connectivity index (χ0v) is 11.9. The molecule has 0 aliphatic heterocycles. The fourth-order valence-electron chi connectivity index (χ4n) is 1.41. The number of carboxylic acid groups (broad SMARTS) is 1. The largest absolute Gasteiger partial charge is 0.480 e. The van der Waals surface area contributed by atoms with Crippen LogP contribution < -0.4 is 5.32 Å². The van der Waals surface area contributed by atoms with Gasteiger partial charge >= 0.3 is 12.1 Å². The van der Waals surface area contributed by atoms with Crippen LogP contribution in [-0.2, 0) is 9.53 Å². The summed E-state index contributed by atoms with van der Waals surface area (Å²) in [4.78, 5) is 34.0. The van der Waals surface area contributed by atoms with Crippen LogP contribution in [0.2, 0.25) is 10.0 Å². The van der Waals surface area contributed by atoms with Gasteiger partial charge in [0.05, 0.1) is 12.1 Å². The van der Waals surface area contributed by atoms with Crippen molar-refractivity contribution < 1.29 is 24.2 Å². The molecule has 0 bridgehead atoms. The van der Waals surface area contributed by atoms with Crippen LogP contribution >= 0.6 is 23.2 Å². The number of carbonyl (C=O) groups is 3. The van der Waals surface area contributed by atoms with Crippen LogP contribution in [0.1, 0.15) is 16.8 Å². The van der Waals surface area contributed by atoms with Gasteiger partial charge in [0, 0.05) is 17.0 Å². The highest BCUT2D eigenvalue weighted by Crippen LogP contribution is 2.22. The van der Waals surface area contributed by atoms with E-state index in [1.165, 1.54) is 18.2 Å². The molecule has 1 amide bonds. The average molecular weight is 320 g/mol. The third kappa shape index (κ3) is 4.40. The molecule has 0 spiro atoms. The molecule has 1 atom stereocenters. The summed E-state index contributed by atoms with van der Waals surface area (Å²) < 4.78 is 4.29. The highest BCUT2D eigenvalue weighted by atomic mass is 35.5. The number of ketones is 1. The first-order valence-electron chi connectivity index (χ1n) is 5.40. The van der Waals surface area contributed by atoms with E-state index in [0.717, 1.165) is 7.11 Å². The van der Waals surface area contributed by atoms with Crippen molar-refractivity contribution in [2.24, 2.45) is 0 Å². The summed E-state index contributed by atoms with van der Waals surface area (Å²) in [5.41, 5.74) is 0.133. The minimum Gasteiger partial charge on any atom is -0.480 e. The summed E-state index contributed by atoms with van der Waals surface area (Å²) in [6.07, 6.45) is -1.39. The van der Waals surface area contributed by atoms with Crippen molar-refractivity contribution in [1.29, 1.82) is 0 Å². The van der Waals surface area contributed by atoms with E-state index in [0.29, 0.717) is 5.02 Å². The quantitative estimate of drug-likeness (QED) is 0.813. The summed E-state index contributed by atoms with van der Waals surface area (Å²) in [6, 6.07) is 2.83. The van der Waals surface area contributed by atoms with Gasteiger partial charge in [0.25, 0.3) is 0 Å². The number of Topliss-reactive ketones (excluding diaryl/α,β-unsaturated/α-hetero) is 1. The molecular formula is C12H11Cl2NO5. The predicted octanol–water partition coefficient (Wildman–Crippen LogP) is 2.38. The topological polar surface area (TPSA) is 92.7 Å². The summed E-state index contributed by atoms with van der Waals surface area (Å²) >= 11 is 11.6. The van der Waals surface area contributed by atoms with E-state index in [2.05, 4.69) is 4.74 Å². The van der Waals surface area contributed by atoms with Gasteiger partial charge in [0.2, 0.25) is 0 Å². The Morgan fingerprint density at radius 2 is 2.00 bits per heavy atom. The molecule has 1 unspecified atom stereocenters. The molecule has 1 rings (SSSR count). The maximum Gasteiger partial charge on any atom is 0.407 e. The summed E-state index contributed by atoms with van der Waals surface area (Å²) in [6.45, 7) is 0. The molecule has 8 heteroatoms. The second-order valence-electron chi connectivity index (χ2n) is 3.78. The van der Waals surface area contributed by atoms with Gasteiger partial charge in [-0.2, -0.15) is 0 Å². The number of hydrogen-bond donors (Lipinski definition) is 2.